The third-order valence-electron chi connectivity index (χ3n) is 6.84. The zero-order valence-electron chi connectivity index (χ0n) is 23.1. The second-order valence-electron chi connectivity index (χ2n) is 9.73. The molecule has 42 heavy (non-hydrogen) atoms. The van der Waals surface area contributed by atoms with Gasteiger partial charge in [-0.1, -0.05) is 53.6 Å². The molecule has 5 aromatic rings. The zero-order chi connectivity index (χ0) is 29.6. The number of nitrogens with one attached hydrogen (secondary N) is 2. The van der Waals surface area contributed by atoms with Gasteiger partial charge in [0.15, 0.2) is 5.69 Å². The average Bonchev–Trinajstić information content (AvgIpc) is 3.38. The van der Waals surface area contributed by atoms with E-state index >= 15 is 0 Å². The van der Waals surface area contributed by atoms with Crippen LogP contribution in [0.4, 0.5) is 5.82 Å². The number of nitrogens with zero attached hydrogens (tertiary/aromatic N) is 3. The lowest BCUT2D eigenvalue weighted by Gasteiger charge is -2.11. The van der Waals surface area contributed by atoms with E-state index in [-0.39, 0.29) is 22.9 Å². The molecule has 0 aliphatic heterocycles. The second kappa shape index (κ2) is 12.6. The molecule has 0 aliphatic carbocycles. The van der Waals surface area contributed by atoms with Crippen molar-refractivity contribution in [2.75, 3.05) is 25.5 Å². The quantitative estimate of drug-likeness (QED) is 0.148. The molecule has 1 heterocycles. The van der Waals surface area contributed by atoms with Gasteiger partial charge in [0.25, 0.3) is 5.91 Å². The molecular formula is C33H28ClN5O3. The van der Waals surface area contributed by atoms with Gasteiger partial charge in [0.2, 0.25) is 5.78 Å². The van der Waals surface area contributed by atoms with Crippen molar-refractivity contribution in [1.29, 1.82) is 5.26 Å². The first-order valence-corrected chi connectivity index (χ1v) is 13.8. The Balaban J connectivity index is 1.30. The van der Waals surface area contributed by atoms with E-state index in [9.17, 15) is 14.9 Å². The van der Waals surface area contributed by atoms with Crippen LogP contribution in [-0.2, 0) is 0 Å². The van der Waals surface area contributed by atoms with Crippen molar-refractivity contribution in [2.45, 2.75) is 13.3 Å². The van der Waals surface area contributed by atoms with E-state index in [0.29, 0.717) is 47.2 Å². The molecule has 0 saturated carbocycles. The molecule has 9 heteroatoms. The normalized spacial score (nSPS) is 10.7. The van der Waals surface area contributed by atoms with Crippen molar-refractivity contribution in [2.24, 2.45) is 0 Å². The fourth-order valence-electron chi connectivity index (χ4n) is 4.55. The van der Waals surface area contributed by atoms with Crippen molar-refractivity contribution in [1.82, 2.24) is 15.1 Å². The van der Waals surface area contributed by atoms with Gasteiger partial charge in [-0.05, 0) is 72.6 Å². The fraction of sp³-hybridized carbons (Fsp3) is 0.152. The number of ketones is 1. The number of methoxy groups -OCH3 is 1. The van der Waals surface area contributed by atoms with E-state index in [1.165, 1.54) is 0 Å². The number of aryl methyl sites for hydroxylation is 1. The van der Waals surface area contributed by atoms with E-state index in [0.717, 1.165) is 22.1 Å². The summed E-state index contributed by atoms with van der Waals surface area (Å²) in [5, 5.41) is 23.3. The minimum absolute atomic E-state index is 0.0565. The number of amides is 1. The maximum Gasteiger partial charge on any atom is 0.251 e. The smallest absolute Gasteiger partial charge is 0.251 e. The van der Waals surface area contributed by atoms with Crippen LogP contribution in [0.3, 0.4) is 0 Å². The summed E-state index contributed by atoms with van der Waals surface area (Å²) in [6.07, 6.45) is 0.564. The second-order valence-corrected chi connectivity index (χ2v) is 10.2. The molecule has 210 valence electrons. The molecule has 1 aromatic heterocycles. The number of halogens is 1. The molecule has 0 bridgehead atoms. The number of carbonyl (C=O) groups excluding carboxylic acids is 2. The summed E-state index contributed by atoms with van der Waals surface area (Å²) in [4.78, 5) is 26.1. The van der Waals surface area contributed by atoms with Crippen LogP contribution in [0.5, 0.6) is 5.75 Å². The number of aromatic nitrogens is 2. The van der Waals surface area contributed by atoms with Crippen molar-refractivity contribution in [3.63, 3.8) is 0 Å². The number of carbonyl (C=O) groups is 2. The SMILES string of the molecule is COc1ccc2cc(C(=O)NCCCNc3c(C#N)c(C(=O)c4ccc(C)cc4)nn3-c3ccc(Cl)cc3)ccc2c1. The maximum absolute atomic E-state index is 13.4. The zero-order valence-corrected chi connectivity index (χ0v) is 23.9. The first kappa shape index (κ1) is 28.4. The minimum Gasteiger partial charge on any atom is -0.497 e. The van der Waals surface area contributed by atoms with Crippen LogP contribution in [0.25, 0.3) is 16.5 Å². The molecule has 5 rings (SSSR count). The Labute approximate surface area is 248 Å². The van der Waals surface area contributed by atoms with Gasteiger partial charge < -0.3 is 15.4 Å². The lowest BCUT2D eigenvalue weighted by Crippen LogP contribution is -2.26. The Morgan fingerprint density at radius 3 is 2.33 bits per heavy atom. The molecule has 8 nitrogen and oxygen atoms in total. The van der Waals surface area contributed by atoms with E-state index in [2.05, 4.69) is 21.8 Å². The van der Waals surface area contributed by atoms with E-state index in [1.807, 2.05) is 49.4 Å². The Kier molecular flexibility index (Phi) is 8.51. The third-order valence-corrected chi connectivity index (χ3v) is 7.09. The van der Waals surface area contributed by atoms with Crippen LogP contribution in [0.1, 0.15) is 44.0 Å². The molecule has 1 amide bonds. The predicted octanol–water partition coefficient (Wildman–Crippen LogP) is 6.33. The number of anilines is 1. The van der Waals surface area contributed by atoms with Crippen LogP contribution in [-0.4, -0.2) is 41.7 Å². The van der Waals surface area contributed by atoms with Gasteiger partial charge in [-0.15, -0.1) is 0 Å². The highest BCUT2D eigenvalue weighted by molar-refractivity contribution is 6.30. The van der Waals surface area contributed by atoms with E-state index in [1.54, 1.807) is 54.3 Å². The molecule has 0 fully saturated rings. The predicted molar refractivity (Wildman–Crippen MR) is 164 cm³/mol. The molecule has 0 saturated heterocycles. The van der Waals surface area contributed by atoms with Crippen LogP contribution >= 0.6 is 11.6 Å². The summed E-state index contributed by atoms with van der Waals surface area (Å²) in [7, 11) is 1.62. The van der Waals surface area contributed by atoms with Crippen molar-refractivity contribution in [3.05, 3.63) is 118 Å². The summed E-state index contributed by atoms with van der Waals surface area (Å²) < 4.78 is 6.81. The molecular weight excluding hydrogens is 550 g/mol. The van der Waals surface area contributed by atoms with Gasteiger partial charge in [0.05, 0.1) is 12.8 Å². The van der Waals surface area contributed by atoms with Crippen LogP contribution in [0.15, 0.2) is 84.9 Å². The summed E-state index contributed by atoms with van der Waals surface area (Å²) >= 11 is 6.08. The molecule has 0 radical (unpaired) electrons. The summed E-state index contributed by atoms with van der Waals surface area (Å²) in [5.41, 5.74) is 2.87. The van der Waals surface area contributed by atoms with Crippen molar-refractivity contribution >= 4 is 39.9 Å². The number of hydrogen-bond acceptors (Lipinski definition) is 6. The maximum atomic E-state index is 13.4. The Hall–Kier alpha value is -5.13. The molecule has 0 aliphatic rings. The van der Waals surface area contributed by atoms with Crippen molar-refractivity contribution in [3.8, 4) is 17.5 Å². The number of nitriles is 1. The van der Waals surface area contributed by atoms with E-state index < -0.39 is 0 Å². The van der Waals surface area contributed by atoms with Gasteiger partial charge in [0.1, 0.15) is 23.2 Å². The summed E-state index contributed by atoms with van der Waals surface area (Å²) in [6, 6.07) is 27.5. The summed E-state index contributed by atoms with van der Waals surface area (Å²) in [6.45, 7) is 2.76. The molecule has 0 spiro atoms. The molecule has 4 aromatic carbocycles. The van der Waals surface area contributed by atoms with Crippen LogP contribution in [0.2, 0.25) is 5.02 Å². The molecule has 0 atom stereocenters. The fourth-order valence-corrected chi connectivity index (χ4v) is 4.67. The Bertz CT molecular complexity index is 1810. The standard InChI is InChI=1S/C33H28ClN5O3/c1-21-4-6-22(7-5-21)31(40)30-29(20-35)32(39(38-30)27-13-11-26(34)12-14-27)36-16-3-17-37-33(41)25-9-8-24-19-28(42-2)15-10-23(24)18-25/h4-15,18-19,36H,3,16-17H2,1-2H3,(H,37,41). The topological polar surface area (TPSA) is 109 Å². The largest absolute Gasteiger partial charge is 0.497 e. The number of ether oxygens (including phenoxy) is 1. The average molecular weight is 578 g/mol. The highest BCUT2D eigenvalue weighted by Crippen LogP contribution is 2.27. The van der Waals surface area contributed by atoms with Crippen molar-refractivity contribution < 1.29 is 14.3 Å². The monoisotopic (exact) mass is 577 g/mol. The first-order chi connectivity index (χ1) is 20.4. The van der Waals surface area contributed by atoms with Crippen LogP contribution in [0, 0.1) is 18.3 Å². The van der Waals surface area contributed by atoms with Gasteiger partial charge in [-0.3, -0.25) is 9.59 Å². The number of hydrogen-bond donors (Lipinski definition) is 2. The Morgan fingerprint density at radius 2 is 1.62 bits per heavy atom. The highest BCUT2D eigenvalue weighted by Gasteiger charge is 2.25. The minimum atomic E-state index is -0.344. The van der Waals surface area contributed by atoms with Gasteiger partial charge in [-0.25, -0.2) is 4.68 Å². The van der Waals surface area contributed by atoms with Crippen LogP contribution < -0.4 is 15.4 Å². The first-order valence-electron chi connectivity index (χ1n) is 13.4. The molecule has 0 unspecified atom stereocenters. The van der Waals surface area contributed by atoms with Gasteiger partial charge in [0, 0.05) is 29.2 Å². The lowest BCUT2D eigenvalue weighted by atomic mass is 10.0. The third kappa shape index (κ3) is 6.12. The van der Waals surface area contributed by atoms with Gasteiger partial charge >= 0.3 is 0 Å². The number of fused-ring (bicyclic) bond motifs is 1. The lowest BCUT2D eigenvalue weighted by molar-refractivity contribution is 0.0953. The number of rotatable bonds is 10. The number of benzene rings is 4. The van der Waals surface area contributed by atoms with E-state index in [4.69, 9.17) is 16.3 Å². The Morgan fingerprint density at radius 1 is 0.929 bits per heavy atom. The molecule has 2 N–H and O–H groups in total. The summed E-state index contributed by atoms with van der Waals surface area (Å²) in [5.74, 6) is 0.633. The van der Waals surface area contributed by atoms with Gasteiger partial charge in [-0.2, -0.15) is 10.4 Å². The highest BCUT2D eigenvalue weighted by atomic mass is 35.5.